The highest BCUT2D eigenvalue weighted by Gasteiger charge is 2.33. The second-order valence-corrected chi connectivity index (χ2v) is 4.16. The third-order valence-corrected chi connectivity index (χ3v) is 2.65. The number of nitrogens with one attached hydrogen (secondary N) is 1. The number of ether oxygens (including phenoxy) is 1. The lowest BCUT2D eigenvalue weighted by molar-refractivity contribution is -0.140. The van der Waals surface area contributed by atoms with Crippen LogP contribution in [0.3, 0.4) is 0 Å². The average Bonchev–Trinajstić information content (AvgIpc) is 2.38. The molecular weight excluding hydrogens is 278 g/mol. The third kappa shape index (κ3) is 5.16. The van der Waals surface area contributed by atoms with Gasteiger partial charge in [-0.05, 0) is 30.7 Å². The van der Waals surface area contributed by atoms with Crippen molar-refractivity contribution in [2.75, 3.05) is 13.7 Å². The minimum absolute atomic E-state index is 0.0306. The predicted octanol–water partition coefficient (Wildman–Crippen LogP) is 2.89. The number of carbonyl (C=O) groups excluding carboxylic acids is 1. The van der Waals surface area contributed by atoms with Crippen LogP contribution in [0.25, 0.3) is 0 Å². The molecule has 1 rings (SSSR count). The van der Waals surface area contributed by atoms with E-state index in [-0.39, 0.29) is 24.5 Å². The van der Waals surface area contributed by atoms with Gasteiger partial charge in [0.2, 0.25) is 0 Å². The van der Waals surface area contributed by atoms with E-state index in [2.05, 4.69) is 10.1 Å². The van der Waals surface area contributed by atoms with Crippen LogP contribution in [-0.4, -0.2) is 19.6 Å². The summed E-state index contributed by atoms with van der Waals surface area (Å²) in [4.78, 5) is 10.8. The fourth-order valence-corrected chi connectivity index (χ4v) is 1.65. The van der Waals surface area contributed by atoms with Crippen molar-refractivity contribution in [2.24, 2.45) is 0 Å². The van der Waals surface area contributed by atoms with Crippen LogP contribution >= 0.6 is 0 Å². The van der Waals surface area contributed by atoms with Gasteiger partial charge in [-0.2, -0.15) is 13.2 Å². The Hall–Kier alpha value is -1.63. The zero-order valence-corrected chi connectivity index (χ0v) is 10.9. The number of alkyl halides is 3. The first-order chi connectivity index (χ1) is 9.34. The maximum atomic E-state index is 12.9. The number of hydrogen-bond donors (Lipinski definition) is 1. The molecule has 0 spiro atoms. The van der Waals surface area contributed by atoms with Gasteiger partial charge in [-0.3, -0.25) is 4.79 Å². The second-order valence-electron chi connectivity index (χ2n) is 4.16. The summed E-state index contributed by atoms with van der Waals surface area (Å²) in [5.41, 5.74) is -1.02. The molecule has 0 saturated heterocycles. The number of methoxy groups -OCH3 is 1. The van der Waals surface area contributed by atoms with E-state index in [1.54, 1.807) is 0 Å². The highest BCUT2D eigenvalue weighted by Crippen LogP contribution is 2.32. The number of halogens is 4. The molecule has 0 atom stereocenters. The van der Waals surface area contributed by atoms with Crippen LogP contribution < -0.4 is 5.32 Å². The van der Waals surface area contributed by atoms with Crippen molar-refractivity contribution >= 4 is 5.97 Å². The van der Waals surface area contributed by atoms with Gasteiger partial charge < -0.3 is 10.1 Å². The Morgan fingerprint density at radius 3 is 2.65 bits per heavy atom. The summed E-state index contributed by atoms with van der Waals surface area (Å²) in [6.45, 7) is 0.320. The molecule has 0 aliphatic rings. The van der Waals surface area contributed by atoms with E-state index < -0.39 is 17.6 Å². The Balaban J connectivity index is 2.54. The first kappa shape index (κ1) is 16.4. The summed E-state index contributed by atoms with van der Waals surface area (Å²) >= 11 is 0. The van der Waals surface area contributed by atoms with Gasteiger partial charge in [-0.15, -0.1) is 0 Å². The third-order valence-electron chi connectivity index (χ3n) is 2.65. The zero-order valence-electron chi connectivity index (χ0n) is 10.9. The summed E-state index contributed by atoms with van der Waals surface area (Å²) in [7, 11) is 1.27. The molecule has 0 aliphatic carbocycles. The number of benzene rings is 1. The maximum Gasteiger partial charge on any atom is 0.416 e. The van der Waals surface area contributed by atoms with Gasteiger partial charge in [0.05, 0.1) is 12.7 Å². The van der Waals surface area contributed by atoms with Crippen molar-refractivity contribution in [1.29, 1.82) is 0 Å². The molecule has 1 aromatic rings. The van der Waals surface area contributed by atoms with Crippen LogP contribution in [0.1, 0.15) is 24.0 Å². The number of rotatable bonds is 6. The molecule has 0 saturated carbocycles. The minimum atomic E-state index is -4.59. The van der Waals surface area contributed by atoms with Crippen molar-refractivity contribution in [3.05, 3.63) is 35.1 Å². The topological polar surface area (TPSA) is 38.3 Å². The lowest BCUT2D eigenvalue weighted by Crippen LogP contribution is -2.19. The molecule has 0 radical (unpaired) electrons. The van der Waals surface area contributed by atoms with Crippen LogP contribution in [0.15, 0.2) is 18.2 Å². The van der Waals surface area contributed by atoms with E-state index >= 15 is 0 Å². The molecule has 20 heavy (non-hydrogen) atoms. The van der Waals surface area contributed by atoms with Gasteiger partial charge in [-0.25, -0.2) is 4.39 Å². The normalized spacial score (nSPS) is 11.4. The van der Waals surface area contributed by atoms with Crippen LogP contribution in [0, 0.1) is 5.82 Å². The molecule has 0 heterocycles. The van der Waals surface area contributed by atoms with Crippen molar-refractivity contribution in [3.8, 4) is 0 Å². The summed E-state index contributed by atoms with van der Waals surface area (Å²) in [6, 6.07) is 2.57. The van der Waals surface area contributed by atoms with E-state index in [9.17, 15) is 22.4 Å². The highest BCUT2D eigenvalue weighted by atomic mass is 19.4. The zero-order chi connectivity index (χ0) is 15.2. The Labute approximate surface area is 113 Å². The molecule has 3 nitrogen and oxygen atoms in total. The highest BCUT2D eigenvalue weighted by molar-refractivity contribution is 5.69. The van der Waals surface area contributed by atoms with E-state index in [1.807, 2.05) is 0 Å². The van der Waals surface area contributed by atoms with Crippen molar-refractivity contribution in [1.82, 2.24) is 5.32 Å². The Morgan fingerprint density at radius 2 is 2.05 bits per heavy atom. The number of carbonyl (C=O) groups is 1. The van der Waals surface area contributed by atoms with Crippen LogP contribution in [-0.2, 0) is 22.3 Å². The first-order valence-corrected chi connectivity index (χ1v) is 5.97. The quantitative estimate of drug-likeness (QED) is 0.498. The SMILES string of the molecule is COC(=O)CCCNCc1ccc(F)cc1C(F)(F)F. The Kier molecular flexibility index (Phi) is 5.94. The fourth-order valence-electron chi connectivity index (χ4n) is 1.65. The molecule has 1 N–H and O–H groups in total. The molecule has 0 unspecified atom stereocenters. The smallest absolute Gasteiger partial charge is 0.416 e. The van der Waals surface area contributed by atoms with E-state index in [0.29, 0.717) is 19.0 Å². The lowest BCUT2D eigenvalue weighted by atomic mass is 10.1. The molecule has 0 aliphatic heterocycles. The molecule has 1 aromatic carbocycles. The summed E-state index contributed by atoms with van der Waals surface area (Å²) < 4.78 is 55.4. The van der Waals surface area contributed by atoms with Crippen LogP contribution in [0.4, 0.5) is 17.6 Å². The number of esters is 1. The summed E-state index contributed by atoms with van der Waals surface area (Å²) in [5, 5.41) is 2.78. The Morgan fingerprint density at radius 1 is 1.35 bits per heavy atom. The monoisotopic (exact) mass is 293 g/mol. The first-order valence-electron chi connectivity index (χ1n) is 5.97. The molecule has 112 valence electrons. The van der Waals surface area contributed by atoms with E-state index in [0.717, 1.165) is 12.1 Å². The Bertz CT molecular complexity index is 460. The van der Waals surface area contributed by atoms with Gasteiger partial charge >= 0.3 is 12.1 Å². The van der Waals surface area contributed by atoms with E-state index in [4.69, 9.17) is 0 Å². The molecule has 0 bridgehead atoms. The van der Waals surface area contributed by atoms with Crippen molar-refractivity contribution < 1.29 is 27.1 Å². The van der Waals surface area contributed by atoms with E-state index in [1.165, 1.54) is 7.11 Å². The van der Waals surface area contributed by atoms with Gasteiger partial charge in [-0.1, -0.05) is 6.07 Å². The minimum Gasteiger partial charge on any atom is -0.469 e. The van der Waals surface area contributed by atoms with Gasteiger partial charge in [0.15, 0.2) is 0 Å². The van der Waals surface area contributed by atoms with Crippen molar-refractivity contribution in [3.63, 3.8) is 0 Å². The number of hydrogen-bond acceptors (Lipinski definition) is 3. The molecule has 0 fully saturated rings. The lowest BCUT2D eigenvalue weighted by Gasteiger charge is -2.13. The van der Waals surface area contributed by atoms with Crippen LogP contribution in [0.5, 0.6) is 0 Å². The van der Waals surface area contributed by atoms with Gasteiger partial charge in [0, 0.05) is 13.0 Å². The molecule has 7 heteroatoms. The second kappa shape index (κ2) is 7.23. The standard InChI is InChI=1S/C13H15F4NO2/c1-20-12(19)3-2-6-18-8-9-4-5-10(14)7-11(9)13(15,16)17/h4-5,7,18H,2-3,6,8H2,1H3. The average molecular weight is 293 g/mol. The summed E-state index contributed by atoms with van der Waals surface area (Å²) in [6.07, 6.45) is -3.95. The fraction of sp³-hybridized carbons (Fsp3) is 0.462. The maximum absolute atomic E-state index is 12.9. The molecule has 0 aromatic heterocycles. The van der Waals surface area contributed by atoms with Gasteiger partial charge in [0.1, 0.15) is 5.82 Å². The molecule has 0 amide bonds. The predicted molar refractivity (Wildman–Crippen MR) is 64.4 cm³/mol. The van der Waals surface area contributed by atoms with Crippen molar-refractivity contribution in [2.45, 2.75) is 25.6 Å². The van der Waals surface area contributed by atoms with Crippen LogP contribution in [0.2, 0.25) is 0 Å². The summed E-state index contributed by atoms with van der Waals surface area (Å²) in [5.74, 6) is -1.30. The molecular formula is C13H15F4NO2. The van der Waals surface area contributed by atoms with Gasteiger partial charge in [0.25, 0.3) is 0 Å². The largest absolute Gasteiger partial charge is 0.469 e.